The van der Waals surface area contributed by atoms with Gasteiger partial charge in [-0.3, -0.25) is 9.59 Å². The molecule has 2 unspecified atom stereocenters. The molecular weight excluding hydrogens is 314 g/mol. The molecule has 1 saturated heterocycles. The molecule has 0 bridgehead atoms. The van der Waals surface area contributed by atoms with Crippen LogP contribution in [0, 0.1) is 17.8 Å². The Morgan fingerprint density at radius 2 is 1.96 bits per heavy atom. The summed E-state index contributed by atoms with van der Waals surface area (Å²) in [5, 5.41) is 6.19. The summed E-state index contributed by atoms with van der Waals surface area (Å²) in [6.07, 6.45) is 0. The highest BCUT2D eigenvalue weighted by Crippen LogP contribution is 2.15. The van der Waals surface area contributed by atoms with E-state index in [2.05, 4.69) is 22.5 Å². The van der Waals surface area contributed by atoms with Crippen molar-refractivity contribution in [3.05, 3.63) is 35.4 Å². The molecule has 0 aliphatic carbocycles. The van der Waals surface area contributed by atoms with Crippen LogP contribution in [-0.4, -0.2) is 41.9 Å². The van der Waals surface area contributed by atoms with Crippen molar-refractivity contribution in [1.82, 2.24) is 15.5 Å². The van der Waals surface area contributed by atoms with E-state index in [9.17, 15) is 9.59 Å². The van der Waals surface area contributed by atoms with Gasteiger partial charge in [-0.25, -0.2) is 0 Å². The molecule has 134 valence electrons. The van der Waals surface area contributed by atoms with E-state index in [0.717, 1.165) is 11.1 Å². The summed E-state index contributed by atoms with van der Waals surface area (Å²) in [6.45, 7) is 9.15. The van der Waals surface area contributed by atoms with Crippen LogP contribution in [-0.2, 0) is 16.1 Å². The van der Waals surface area contributed by atoms with Crippen LogP contribution in [0.3, 0.4) is 0 Å². The molecule has 2 amide bonds. The van der Waals surface area contributed by atoms with Crippen molar-refractivity contribution in [2.45, 2.75) is 46.3 Å². The van der Waals surface area contributed by atoms with Crippen molar-refractivity contribution in [3.63, 3.8) is 0 Å². The Hall–Kier alpha value is -2.32. The fraction of sp³-hybridized carbons (Fsp3) is 0.500. The highest BCUT2D eigenvalue weighted by molar-refractivity contribution is 5.89. The van der Waals surface area contributed by atoms with Gasteiger partial charge in [0.05, 0.1) is 0 Å². The molecule has 1 aliphatic rings. The second kappa shape index (κ2) is 8.68. The molecule has 2 N–H and O–H groups in total. The van der Waals surface area contributed by atoms with E-state index in [1.165, 1.54) is 0 Å². The number of hydrogen-bond donors (Lipinski definition) is 2. The van der Waals surface area contributed by atoms with Gasteiger partial charge in [-0.05, 0) is 31.5 Å². The largest absolute Gasteiger partial charge is 0.350 e. The van der Waals surface area contributed by atoms with Crippen molar-refractivity contribution in [1.29, 1.82) is 0 Å². The summed E-state index contributed by atoms with van der Waals surface area (Å²) in [4.78, 5) is 26.9. The Morgan fingerprint density at radius 1 is 1.28 bits per heavy atom. The van der Waals surface area contributed by atoms with Crippen LogP contribution in [0.2, 0.25) is 0 Å². The standard InChI is InChI=1S/C20H27N3O2/c1-5-6-16-7-9-17(10-8-16)12-22-19(24)18-13-21-11-15(4)23(18)20(25)14(2)3/h7-10,14-15,18,21H,11-13H2,1-4H3,(H,22,24). The normalized spacial score (nSPS) is 20.0. The topological polar surface area (TPSA) is 61.4 Å². The fourth-order valence-electron chi connectivity index (χ4n) is 2.98. The molecule has 5 nitrogen and oxygen atoms in total. The Balaban J connectivity index is 2.02. The quantitative estimate of drug-likeness (QED) is 0.817. The molecule has 1 aromatic rings. The average molecular weight is 341 g/mol. The molecule has 0 spiro atoms. The van der Waals surface area contributed by atoms with Crippen LogP contribution >= 0.6 is 0 Å². The van der Waals surface area contributed by atoms with Gasteiger partial charge in [-0.2, -0.15) is 0 Å². The fourth-order valence-corrected chi connectivity index (χ4v) is 2.98. The number of benzene rings is 1. The van der Waals surface area contributed by atoms with Crippen molar-refractivity contribution < 1.29 is 9.59 Å². The first-order chi connectivity index (χ1) is 11.9. The predicted molar refractivity (Wildman–Crippen MR) is 98.6 cm³/mol. The van der Waals surface area contributed by atoms with Gasteiger partial charge < -0.3 is 15.5 Å². The lowest BCUT2D eigenvalue weighted by atomic mass is 10.0. The maximum Gasteiger partial charge on any atom is 0.244 e. The first kappa shape index (κ1) is 19.0. The first-order valence-corrected chi connectivity index (χ1v) is 8.76. The molecule has 0 radical (unpaired) electrons. The van der Waals surface area contributed by atoms with E-state index in [0.29, 0.717) is 19.6 Å². The van der Waals surface area contributed by atoms with Gasteiger partial charge in [0.25, 0.3) is 0 Å². The molecule has 0 aromatic heterocycles. The molecular formula is C20H27N3O2. The molecule has 1 aromatic carbocycles. The maximum atomic E-state index is 12.7. The Kier molecular flexibility index (Phi) is 6.60. The van der Waals surface area contributed by atoms with Gasteiger partial charge >= 0.3 is 0 Å². The van der Waals surface area contributed by atoms with Gasteiger partial charge in [0, 0.05) is 37.2 Å². The SMILES string of the molecule is CC#Cc1ccc(CNC(=O)C2CNCC(C)N2C(=O)C(C)C)cc1. The minimum Gasteiger partial charge on any atom is -0.350 e. The Labute approximate surface area is 150 Å². The van der Waals surface area contributed by atoms with Gasteiger partial charge in [0.15, 0.2) is 0 Å². The van der Waals surface area contributed by atoms with Crippen molar-refractivity contribution in [2.75, 3.05) is 13.1 Å². The molecule has 2 atom stereocenters. The Morgan fingerprint density at radius 3 is 2.56 bits per heavy atom. The number of carbonyl (C=O) groups is 2. The molecule has 2 rings (SSSR count). The summed E-state index contributed by atoms with van der Waals surface area (Å²) in [5.41, 5.74) is 1.96. The van der Waals surface area contributed by atoms with E-state index in [1.807, 2.05) is 45.0 Å². The summed E-state index contributed by atoms with van der Waals surface area (Å²) >= 11 is 0. The Bertz CT molecular complexity index is 670. The number of nitrogens with zero attached hydrogens (tertiary/aromatic N) is 1. The third kappa shape index (κ3) is 4.83. The van der Waals surface area contributed by atoms with Crippen LogP contribution in [0.4, 0.5) is 0 Å². The first-order valence-electron chi connectivity index (χ1n) is 8.76. The third-order valence-electron chi connectivity index (χ3n) is 4.33. The van der Waals surface area contributed by atoms with Crippen LogP contribution < -0.4 is 10.6 Å². The van der Waals surface area contributed by atoms with Crippen molar-refractivity contribution >= 4 is 11.8 Å². The maximum absolute atomic E-state index is 12.7. The monoisotopic (exact) mass is 341 g/mol. The molecule has 1 fully saturated rings. The summed E-state index contributed by atoms with van der Waals surface area (Å²) < 4.78 is 0. The molecule has 25 heavy (non-hydrogen) atoms. The predicted octanol–water partition coefficient (Wildman–Crippen LogP) is 1.52. The molecule has 1 heterocycles. The van der Waals surface area contributed by atoms with E-state index >= 15 is 0 Å². The highest BCUT2D eigenvalue weighted by Gasteiger charge is 2.36. The number of amides is 2. The van der Waals surface area contributed by atoms with Crippen LogP contribution in [0.25, 0.3) is 0 Å². The summed E-state index contributed by atoms with van der Waals surface area (Å²) in [7, 11) is 0. The van der Waals surface area contributed by atoms with Gasteiger partial charge in [-0.1, -0.05) is 31.9 Å². The lowest BCUT2D eigenvalue weighted by molar-refractivity contribution is -0.146. The number of rotatable bonds is 4. The number of hydrogen-bond acceptors (Lipinski definition) is 3. The summed E-state index contributed by atoms with van der Waals surface area (Å²) in [5.74, 6) is 5.64. The third-order valence-corrected chi connectivity index (χ3v) is 4.33. The van der Waals surface area contributed by atoms with E-state index < -0.39 is 6.04 Å². The highest BCUT2D eigenvalue weighted by atomic mass is 16.2. The zero-order valence-electron chi connectivity index (χ0n) is 15.4. The van der Waals surface area contributed by atoms with Gasteiger partial charge in [0.2, 0.25) is 11.8 Å². The van der Waals surface area contributed by atoms with Crippen molar-refractivity contribution in [2.24, 2.45) is 5.92 Å². The number of piperazine rings is 1. The second-order valence-electron chi connectivity index (χ2n) is 6.71. The smallest absolute Gasteiger partial charge is 0.244 e. The second-order valence-corrected chi connectivity index (χ2v) is 6.71. The molecule has 1 aliphatic heterocycles. The minimum absolute atomic E-state index is 0.00583. The molecule has 5 heteroatoms. The average Bonchev–Trinajstić information content (AvgIpc) is 2.60. The van der Waals surface area contributed by atoms with E-state index in [1.54, 1.807) is 11.8 Å². The number of nitrogens with one attached hydrogen (secondary N) is 2. The molecule has 0 saturated carbocycles. The van der Waals surface area contributed by atoms with Crippen LogP contribution in [0.15, 0.2) is 24.3 Å². The zero-order chi connectivity index (χ0) is 18.4. The zero-order valence-corrected chi connectivity index (χ0v) is 15.4. The van der Waals surface area contributed by atoms with Crippen LogP contribution in [0.1, 0.15) is 38.8 Å². The van der Waals surface area contributed by atoms with Gasteiger partial charge in [-0.15, -0.1) is 5.92 Å². The lowest BCUT2D eigenvalue weighted by Gasteiger charge is -2.41. The number of carbonyl (C=O) groups excluding carboxylic acids is 2. The van der Waals surface area contributed by atoms with Gasteiger partial charge in [0.1, 0.15) is 6.04 Å². The lowest BCUT2D eigenvalue weighted by Crippen LogP contribution is -2.63. The minimum atomic E-state index is -0.469. The summed E-state index contributed by atoms with van der Waals surface area (Å²) in [6, 6.07) is 7.33. The van der Waals surface area contributed by atoms with Crippen molar-refractivity contribution in [3.8, 4) is 11.8 Å². The van der Waals surface area contributed by atoms with Crippen LogP contribution in [0.5, 0.6) is 0 Å². The van der Waals surface area contributed by atoms with E-state index in [-0.39, 0.29) is 23.8 Å². The van der Waals surface area contributed by atoms with E-state index in [4.69, 9.17) is 0 Å².